The Morgan fingerprint density at radius 2 is 2.00 bits per heavy atom. The zero-order valence-corrected chi connectivity index (χ0v) is 17.0. The molecular weight excluding hydrogens is 398 g/mol. The molecule has 0 radical (unpaired) electrons. The molecule has 0 fully saturated rings. The van der Waals surface area contributed by atoms with Gasteiger partial charge < -0.3 is 9.57 Å². The van der Waals surface area contributed by atoms with Crippen molar-refractivity contribution in [3.05, 3.63) is 54.2 Å². The molecule has 1 unspecified atom stereocenters. The van der Waals surface area contributed by atoms with Gasteiger partial charge in [-0.1, -0.05) is 47.2 Å². The minimum absolute atomic E-state index is 0.00208. The molecule has 7 nitrogen and oxygen atoms in total. The molecule has 28 heavy (non-hydrogen) atoms. The molecule has 2 aromatic rings. The van der Waals surface area contributed by atoms with Crippen molar-refractivity contribution in [2.45, 2.75) is 29.2 Å². The standard InChI is InChI=1S/C19H19N3O4S2/c1-19(15-12-21-18(27-15)13-6-4-3-5-7-13)10-16(22-26-19)25-14-8-9-17(20-11-14)28(2,23)24/h3-9,11,15H,10,12H2,1-2H3/t15?,19-/m0/s1. The number of rotatable bonds is 4. The molecule has 0 amide bonds. The Balaban J connectivity index is 1.38. The predicted octanol–water partition coefficient (Wildman–Crippen LogP) is 2.92. The second-order valence-electron chi connectivity index (χ2n) is 6.89. The molecule has 2 aliphatic rings. The van der Waals surface area contributed by atoms with Crippen LogP contribution in [-0.4, -0.2) is 48.0 Å². The first-order valence-corrected chi connectivity index (χ1v) is 11.5. The van der Waals surface area contributed by atoms with Crippen LogP contribution in [0.2, 0.25) is 0 Å². The zero-order valence-electron chi connectivity index (χ0n) is 15.4. The van der Waals surface area contributed by atoms with Crippen LogP contribution >= 0.6 is 11.8 Å². The number of hydrogen-bond acceptors (Lipinski definition) is 8. The van der Waals surface area contributed by atoms with Crippen molar-refractivity contribution in [1.82, 2.24) is 4.98 Å². The minimum atomic E-state index is -3.34. The van der Waals surface area contributed by atoms with Gasteiger partial charge in [0.1, 0.15) is 5.75 Å². The molecule has 0 spiro atoms. The number of sulfone groups is 1. The number of pyridine rings is 1. The predicted molar refractivity (Wildman–Crippen MR) is 109 cm³/mol. The van der Waals surface area contributed by atoms with Gasteiger partial charge in [0.2, 0.25) is 5.90 Å². The Labute approximate surface area is 167 Å². The summed E-state index contributed by atoms with van der Waals surface area (Å²) in [5.41, 5.74) is 0.575. The fraction of sp³-hybridized carbons (Fsp3) is 0.316. The molecule has 0 N–H and O–H groups in total. The van der Waals surface area contributed by atoms with Gasteiger partial charge >= 0.3 is 0 Å². The lowest BCUT2D eigenvalue weighted by Crippen LogP contribution is -2.38. The number of ether oxygens (including phenoxy) is 1. The summed E-state index contributed by atoms with van der Waals surface area (Å²) in [4.78, 5) is 14.3. The summed E-state index contributed by atoms with van der Waals surface area (Å²) in [5, 5.41) is 5.21. The Bertz CT molecular complexity index is 1040. The molecule has 146 valence electrons. The molecular formula is C19H19N3O4S2. The van der Waals surface area contributed by atoms with E-state index in [1.165, 1.54) is 12.3 Å². The molecule has 3 heterocycles. The third-order valence-corrected chi connectivity index (χ3v) is 7.06. The van der Waals surface area contributed by atoms with Crippen molar-refractivity contribution in [3.8, 4) is 5.75 Å². The molecule has 4 rings (SSSR count). The maximum atomic E-state index is 11.5. The van der Waals surface area contributed by atoms with Gasteiger partial charge in [0.05, 0.1) is 29.5 Å². The minimum Gasteiger partial charge on any atom is -0.438 e. The Kier molecular flexibility index (Phi) is 4.88. The fourth-order valence-electron chi connectivity index (χ4n) is 2.96. The first-order valence-electron chi connectivity index (χ1n) is 8.69. The second-order valence-corrected chi connectivity index (χ2v) is 10.0. The third-order valence-electron chi connectivity index (χ3n) is 4.54. The third kappa shape index (κ3) is 3.90. The highest BCUT2D eigenvalue weighted by atomic mass is 32.2. The Morgan fingerprint density at radius 1 is 1.21 bits per heavy atom. The smallest absolute Gasteiger partial charge is 0.235 e. The van der Waals surface area contributed by atoms with Crippen LogP contribution in [0.15, 0.2) is 63.8 Å². The van der Waals surface area contributed by atoms with Crippen LogP contribution in [-0.2, 0) is 14.7 Å². The average Bonchev–Trinajstić information content (AvgIpc) is 3.31. The summed E-state index contributed by atoms with van der Waals surface area (Å²) in [7, 11) is -3.34. The first kappa shape index (κ1) is 18.9. The van der Waals surface area contributed by atoms with Gasteiger partial charge in [-0.05, 0) is 19.1 Å². The van der Waals surface area contributed by atoms with Crippen molar-refractivity contribution in [2.24, 2.45) is 10.1 Å². The SMILES string of the molecule is C[C@@]1(C2CN=C(c3ccccc3)S2)CC(Oc2ccc(S(C)(=O)=O)nc2)=NO1. The average molecular weight is 418 g/mol. The number of nitrogens with zero attached hydrogens (tertiary/aromatic N) is 3. The highest BCUT2D eigenvalue weighted by Crippen LogP contribution is 2.39. The Hall–Kier alpha value is -2.39. The number of thioether (sulfide) groups is 1. The van der Waals surface area contributed by atoms with Crippen LogP contribution in [0.3, 0.4) is 0 Å². The van der Waals surface area contributed by atoms with E-state index in [4.69, 9.17) is 9.57 Å². The largest absolute Gasteiger partial charge is 0.438 e. The van der Waals surface area contributed by atoms with Crippen LogP contribution in [0.25, 0.3) is 0 Å². The molecule has 9 heteroatoms. The highest BCUT2D eigenvalue weighted by molar-refractivity contribution is 8.15. The summed E-state index contributed by atoms with van der Waals surface area (Å²) in [6.07, 6.45) is 2.98. The van der Waals surface area contributed by atoms with Crippen molar-refractivity contribution in [3.63, 3.8) is 0 Å². The van der Waals surface area contributed by atoms with E-state index in [1.807, 2.05) is 37.3 Å². The monoisotopic (exact) mass is 417 g/mol. The fourth-order valence-corrected chi connectivity index (χ4v) is 4.74. The van der Waals surface area contributed by atoms with Gasteiger partial charge in [0.25, 0.3) is 0 Å². The highest BCUT2D eigenvalue weighted by Gasteiger charge is 2.46. The number of oxime groups is 1. The van der Waals surface area contributed by atoms with E-state index >= 15 is 0 Å². The van der Waals surface area contributed by atoms with Crippen LogP contribution in [0.1, 0.15) is 18.9 Å². The number of hydrogen-bond donors (Lipinski definition) is 0. The van der Waals surface area contributed by atoms with E-state index in [1.54, 1.807) is 17.8 Å². The number of benzene rings is 1. The quantitative estimate of drug-likeness (QED) is 0.760. The van der Waals surface area contributed by atoms with Crippen molar-refractivity contribution in [1.29, 1.82) is 0 Å². The summed E-state index contributed by atoms with van der Waals surface area (Å²) >= 11 is 1.69. The molecule has 0 saturated heterocycles. The first-order chi connectivity index (χ1) is 13.3. The van der Waals surface area contributed by atoms with E-state index < -0.39 is 15.4 Å². The molecule has 0 saturated carbocycles. The van der Waals surface area contributed by atoms with Crippen molar-refractivity contribution >= 4 is 32.5 Å². The molecule has 2 aliphatic heterocycles. The molecule has 1 aromatic carbocycles. The van der Waals surface area contributed by atoms with E-state index in [9.17, 15) is 8.42 Å². The van der Waals surface area contributed by atoms with Crippen LogP contribution in [0.4, 0.5) is 0 Å². The zero-order chi connectivity index (χ0) is 19.8. The second kappa shape index (κ2) is 7.21. The van der Waals surface area contributed by atoms with Crippen molar-refractivity contribution in [2.75, 3.05) is 12.8 Å². The van der Waals surface area contributed by atoms with E-state index in [-0.39, 0.29) is 10.3 Å². The summed E-state index contributed by atoms with van der Waals surface area (Å²) < 4.78 is 28.7. The van der Waals surface area contributed by atoms with Gasteiger partial charge in [-0.3, -0.25) is 4.99 Å². The van der Waals surface area contributed by atoms with E-state index in [2.05, 4.69) is 15.1 Å². The van der Waals surface area contributed by atoms with Crippen LogP contribution in [0, 0.1) is 0 Å². The van der Waals surface area contributed by atoms with Gasteiger partial charge in [0, 0.05) is 11.8 Å². The van der Waals surface area contributed by atoms with E-state index in [0.29, 0.717) is 24.6 Å². The summed E-state index contributed by atoms with van der Waals surface area (Å²) in [5.74, 6) is 0.851. The maximum absolute atomic E-state index is 11.5. The lowest BCUT2D eigenvalue weighted by atomic mass is 9.98. The normalized spacial score (nSPS) is 24.4. The number of aromatic nitrogens is 1. The van der Waals surface area contributed by atoms with Crippen molar-refractivity contribution < 1.29 is 18.0 Å². The Morgan fingerprint density at radius 3 is 2.68 bits per heavy atom. The molecule has 0 aliphatic carbocycles. The van der Waals surface area contributed by atoms with Crippen LogP contribution < -0.4 is 4.74 Å². The molecule has 1 aromatic heterocycles. The lowest BCUT2D eigenvalue weighted by molar-refractivity contribution is -0.00241. The topological polar surface area (TPSA) is 90.2 Å². The molecule has 2 atom stereocenters. The van der Waals surface area contributed by atoms with E-state index in [0.717, 1.165) is 16.9 Å². The number of aliphatic imine (C=N–C) groups is 1. The van der Waals surface area contributed by atoms with Gasteiger partial charge in [-0.25, -0.2) is 13.4 Å². The lowest BCUT2D eigenvalue weighted by Gasteiger charge is -2.26. The maximum Gasteiger partial charge on any atom is 0.235 e. The van der Waals surface area contributed by atoms with Crippen LogP contribution in [0.5, 0.6) is 5.75 Å². The summed E-state index contributed by atoms with van der Waals surface area (Å²) in [6.45, 7) is 2.65. The van der Waals surface area contributed by atoms with Gasteiger partial charge in [-0.2, -0.15) is 0 Å². The summed E-state index contributed by atoms with van der Waals surface area (Å²) in [6, 6.07) is 13.0. The van der Waals surface area contributed by atoms with Gasteiger partial charge in [-0.15, -0.1) is 0 Å². The van der Waals surface area contributed by atoms with Gasteiger partial charge in [0.15, 0.2) is 20.5 Å². The molecule has 0 bridgehead atoms.